The van der Waals surface area contributed by atoms with Gasteiger partial charge in [0, 0.05) is 24.6 Å². The van der Waals surface area contributed by atoms with Gasteiger partial charge in [0.1, 0.15) is 17.2 Å². The van der Waals surface area contributed by atoms with Crippen LogP contribution in [0.25, 0.3) is 0 Å². The summed E-state index contributed by atoms with van der Waals surface area (Å²) in [6.45, 7) is 1.21. The molecular weight excluding hydrogens is 767 g/mol. The molecule has 0 saturated carbocycles. The lowest BCUT2D eigenvalue weighted by Gasteiger charge is -2.21. The Kier molecular flexibility index (Phi) is 26.4. The highest BCUT2D eigenvalue weighted by molar-refractivity contribution is 7.79. The van der Waals surface area contributed by atoms with E-state index in [1.807, 2.05) is 97.1 Å². The van der Waals surface area contributed by atoms with E-state index < -0.39 is 29.0 Å². The number of hydrogen-bond acceptors (Lipinski definition) is 7. The lowest BCUT2D eigenvalue weighted by molar-refractivity contribution is -0.379. The van der Waals surface area contributed by atoms with Crippen LogP contribution in [0, 0.1) is 0 Å². The number of hydrogen-bond donors (Lipinski definition) is 2. The molecule has 0 bridgehead atoms. The highest BCUT2D eigenvalue weighted by atomic mass is 32.2. The molecule has 0 heterocycles. The fraction of sp³-hybridized carbons (Fsp3) is 0.200. The van der Waals surface area contributed by atoms with Crippen LogP contribution in [0.1, 0.15) is 17.3 Å². The maximum atomic E-state index is 13.0. The summed E-state index contributed by atoms with van der Waals surface area (Å²) in [4.78, 5) is 24.0. The van der Waals surface area contributed by atoms with Crippen molar-refractivity contribution in [3.63, 3.8) is 0 Å². The molecule has 2 N–H and O–H groups in total. The zero-order valence-corrected chi connectivity index (χ0v) is 32.0. The maximum Gasteiger partial charge on any atom is 0.461 e. The summed E-state index contributed by atoms with van der Waals surface area (Å²) in [5, 5.41) is 4.08. The van der Waals surface area contributed by atoms with Crippen LogP contribution in [-0.2, 0) is 20.8 Å². The number of alkyl halides is 5. The molecule has 0 aromatic heterocycles. The third-order valence-electron chi connectivity index (χ3n) is 5.97. The number of ether oxygens (including phenoxy) is 2. The first-order chi connectivity index (χ1) is 26.7. The number of benzene rings is 5. The summed E-state index contributed by atoms with van der Waals surface area (Å²) in [6.07, 6.45) is -4.33. The molecule has 2 amide bonds. The molecule has 5 aromatic carbocycles. The van der Waals surface area contributed by atoms with Gasteiger partial charge in [-0.05, 0) is 72.1 Å². The summed E-state index contributed by atoms with van der Waals surface area (Å²) in [5.41, 5.74) is 0.575. The molecule has 5 rings (SSSR count). The number of carbonyl (C=O) groups excluding carboxylic acids is 2. The quantitative estimate of drug-likeness (QED) is 0.150. The molecule has 0 aliphatic carbocycles. The van der Waals surface area contributed by atoms with Crippen molar-refractivity contribution < 1.29 is 58.9 Å². The topological polar surface area (TPSA) is 112 Å². The first kappa shape index (κ1) is 50.1. The molecule has 0 fully saturated rings. The molecule has 9 nitrogen and oxygen atoms in total. The maximum absolute atomic E-state index is 13.0. The molecule has 2 unspecified atom stereocenters. The zero-order valence-electron chi connectivity index (χ0n) is 31.2. The number of halogens is 6. The van der Waals surface area contributed by atoms with E-state index in [0.29, 0.717) is 11.3 Å². The first-order valence-corrected chi connectivity index (χ1v) is 17.7. The SMILES string of the molecule is CCF.CNC(=O)c1ccccc1.COc1ccccc1.COc1ccccc1.CS(=O)Oc1ccccc1.O=C(Nc1ccccc1)C(F)(OF)C(F)(F)F. The summed E-state index contributed by atoms with van der Waals surface area (Å²) in [7, 11) is 4.94. The number of anilines is 1. The van der Waals surface area contributed by atoms with Crippen LogP contribution in [0.15, 0.2) is 152 Å². The number of amides is 2. The summed E-state index contributed by atoms with van der Waals surface area (Å²) >= 11 is -1.22. The van der Waals surface area contributed by atoms with Gasteiger partial charge < -0.3 is 24.3 Å². The summed E-state index contributed by atoms with van der Waals surface area (Å²) in [6, 6.07) is 44.3. The average Bonchev–Trinajstić information content (AvgIpc) is 3.22. The van der Waals surface area contributed by atoms with E-state index >= 15 is 0 Å². The first-order valence-electron chi connectivity index (χ1n) is 16.2. The normalized spacial score (nSPS) is 11.2. The summed E-state index contributed by atoms with van der Waals surface area (Å²) in [5.74, 6) is -4.90. The Morgan fingerprint density at radius 3 is 1.27 bits per heavy atom. The van der Waals surface area contributed by atoms with Crippen molar-refractivity contribution in [2.75, 3.05) is 39.5 Å². The lowest BCUT2D eigenvalue weighted by Crippen LogP contribution is -2.51. The number of carbonyl (C=O) groups is 2. The predicted molar refractivity (Wildman–Crippen MR) is 206 cm³/mol. The number of para-hydroxylation sites is 4. The van der Waals surface area contributed by atoms with Crippen molar-refractivity contribution in [3.05, 3.63) is 157 Å². The van der Waals surface area contributed by atoms with Crippen LogP contribution in [0.2, 0.25) is 0 Å². The standard InChI is InChI=1S/C9H6F5NO2.C8H9NO.C7H8O2S.2C7H8O.C2H5F/c10-8(17-14,9(11,12)13)7(16)15-6-4-2-1-3-5-6;1-9-8(10)7-5-3-2-4-6-7;1-10(8)9-7-5-3-2-4-6-7;2*1-8-7-5-3-2-4-6-7;1-2-3/h1-5H,(H,15,16);2-6H,1H3,(H,9,10);2-6H,1H3;2*2-6H,1H3;2H2,1H3. The Bertz CT molecular complexity index is 1710. The molecule has 5 aromatic rings. The molecule has 0 spiro atoms. The minimum atomic E-state index is -5.82. The van der Waals surface area contributed by atoms with E-state index in [9.17, 15) is 40.3 Å². The van der Waals surface area contributed by atoms with Gasteiger partial charge in [-0.15, -0.1) is 4.94 Å². The molecule has 2 atom stereocenters. The van der Waals surface area contributed by atoms with Gasteiger partial charge in [0.2, 0.25) is 11.1 Å². The second-order valence-corrected chi connectivity index (χ2v) is 11.0. The Labute approximate surface area is 325 Å². The minimum Gasteiger partial charge on any atom is -0.497 e. The van der Waals surface area contributed by atoms with Crippen molar-refractivity contribution in [1.29, 1.82) is 0 Å². The van der Waals surface area contributed by atoms with E-state index in [1.165, 1.54) is 43.5 Å². The summed E-state index contributed by atoms with van der Waals surface area (Å²) < 4.78 is 96.3. The molecule has 0 aliphatic heterocycles. The van der Waals surface area contributed by atoms with E-state index in [1.54, 1.807) is 50.8 Å². The Morgan fingerprint density at radius 2 is 0.982 bits per heavy atom. The largest absolute Gasteiger partial charge is 0.497 e. The third-order valence-corrected chi connectivity index (χ3v) is 6.40. The van der Waals surface area contributed by atoms with Crippen molar-refractivity contribution in [2.45, 2.75) is 19.0 Å². The van der Waals surface area contributed by atoms with Crippen LogP contribution in [0.3, 0.4) is 0 Å². The second-order valence-electron chi connectivity index (χ2n) is 10.0. The van der Waals surface area contributed by atoms with Crippen LogP contribution < -0.4 is 24.3 Å². The number of rotatable bonds is 8. The molecule has 0 aliphatic rings. The van der Waals surface area contributed by atoms with Crippen molar-refractivity contribution in [1.82, 2.24) is 5.32 Å². The minimum absolute atomic E-state index is 0.0411. The third kappa shape index (κ3) is 21.7. The van der Waals surface area contributed by atoms with Gasteiger partial charge >= 0.3 is 17.9 Å². The van der Waals surface area contributed by atoms with Gasteiger partial charge in [0.25, 0.3) is 5.91 Å². The van der Waals surface area contributed by atoms with E-state index in [2.05, 4.69) is 10.3 Å². The molecule has 56 heavy (non-hydrogen) atoms. The fourth-order valence-electron chi connectivity index (χ4n) is 3.40. The lowest BCUT2D eigenvalue weighted by atomic mass is 10.2. The van der Waals surface area contributed by atoms with E-state index in [-0.39, 0.29) is 18.3 Å². The van der Waals surface area contributed by atoms with Crippen LogP contribution in [0.4, 0.5) is 32.2 Å². The van der Waals surface area contributed by atoms with Crippen LogP contribution in [-0.4, -0.2) is 62.3 Å². The highest BCUT2D eigenvalue weighted by Crippen LogP contribution is 2.36. The van der Waals surface area contributed by atoms with Crippen molar-refractivity contribution in [3.8, 4) is 17.2 Å². The van der Waals surface area contributed by atoms with Gasteiger partial charge in [-0.2, -0.15) is 17.6 Å². The number of methoxy groups -OCH3 is 2. The monoisotopic (exact) mass is 810 g/mol. The van der Waals surface area contributed by atoms with E-state index in [0.717, 1.165) is 11.5 Å². The van der Waals surface area contributed by atoms with Gasteiger partial charge in [0.15, 0.2) is 0 Å². The van der Waals surface area contributed by atoms with Crippen molar-refractivity contribution in [2.24, 2.45) is 0 Å². The Morgan fingerprint density at radius 1 is 0.643 bits per heavy atom. The predicted octanol–water partition coefficient (Wildman–Crippen LogP) is 9.53. The van der Waals surface area contributed by atoms with Crippen molar-refractivity contribution >= 4 is 28.6 Å². The smallest absolute Gasteiger partial charge is 0.461 e. The Balaban J connectivity index is 0.000000683. The average molecular weight is 811 g/mol. The van der Waals surface area contributed by atoms with Gasteiger partial charge in [-0.1, -0.05) is 91.0 Å². The molecule has 0 radical (unpaired) electrons. The van der Waals surface area contributed by atoms with Gasteiger partial charge in [0.05, 0.1) is 20.9 Å². The Hall–Kier alpha value is -5.87. The fourth-order valence-corrected chi connectivity index (χ4v) is 3.78. The molecule has 16 heteroatoms. The number of nitrogens with one attached hydrogen (secondary N) is 2. The van der Waals surface area contributed by atoms with Crippen LogP contribution in [0.5, 0.6) is 17.2 Å². The van der Waals surface area contributed by atoms with Gasteiger partial charge in [-0.25, -0.2) is 4.21 Å². The molecular formula is C40H44F6N2O7S. The van der Waals surface area contributed by atoms with Crippen LogP contribution >= 0.6 is 0 Å². The zero-order chi connectivity index (χ0) is 42.2. The highest BCUT2D eigenvalue weighted by Gasteiger charge is 2.65. The molecule has 0 saturated heterocycles. The van der Waals surface area contributed by atoms with E-state index in [4.69, 9.17) is 13.7 Å². The molecule has 304 valence electrons. The second kappa shape index (κ2) is 29.5. The van der Waals surface area contributed by atoms with Gasteiger partial charge in [-0.3, -0.25) is 14.0 Å².